The molecule has 0 aliphatic rings. The summed E-state index contributed by atoms with van der Waals surface area (Å²) in [5.74, 6) is 0.375. The first-order valence-corrected chi connectivity index (χ1v) is 12.7. The van der Waals surface area contributed by atoms with Gasteiger partial charge >= 0.3 is 12.3 Å². The zero-order valence-corrected chi connectivity index (χ0v) is 23.0. The lowest BCUT2D eigenvalue weighted by Crippen LogP contribution is -2.42. The number of nitrogens with one attached hydrogen (secondary N) is 1. The Hall–Kier alpha value is -4.21. The Morgan fingerprint density at radius 3 is 2.15 bits per heavy atom. The zero-order chi connectivity index (χ0) is 29.5. The Kier molecular flexibility index (Phi) is 9.68. The van der Waals surface area contributed by atoms with E-state index < -0.39 is 23.8 Å². The minimum Gasteiger partial charge on any atom is -0.476 e. The third-order valence-corrected chi connectivity index (χ3v) is 6.13. The monoisotopic (exact) mass is 559 g/mol. The predicted molar refractivity (Wildman–Crippen MR) is 143 cm³/mol. The lowest BCUT2D eigenvalue weighted by Gasteiger charge is -2.28. The number of aryl methyl sites for hydroxylation is 2. The molecule has 10 heteroatoms. The Balaban J connectivity index is 1.64. The molecule has 3 aromatic carbocycles. The topological polar surface area (TPSA) is 83.1 Å². The van der Waals surface area contributed by atoms with Gasteiger partial charge in [-0.3, -0.25) is 4.79 Å². The highest BCUT2D eigenvalue weighted by Gasteiger charge is 2.36. The van der Waals surface area contributed by atoms with Crippen molar-refractivity contribution in [2.75, 3.05) is 6.61 Å². The maximum Gasteiger partial charge on any atom is 0.573 e. The summed E-state index contributed by atoms with van der Waals surface area (Å²) in [6, 6.07) is 15.9. The number of amides is 1. The average Bonchev–Trinajstić information content (AvgIpc) is 2.88. The van der Waals surface area contributed by atoms with E-state index in [-0.39, 0.29) is 24.5 Å². The van der Waals surface area contributed by atoms with Gasteiger partial charge in [0.1, 0.15) is 23.0 Å². The molecular weight excluding hydrogens is 527 g/mol. The zero-order valence-electron chi connectivity index (χ0n) is 23.0. The van der Waals surface area contributed by atoms with Crippen molar-refractivity contribution >= 4 is 11.9 Å². The van der Waals surface area contributed by atoms with Gasteiger partial charge in [0.2, 0.25) is 5.60 Å². The Bertz CT molecular complexity index is 1360. The van der Waals surface area contributed by atoms with E-state index in [0.717, 1.165) is 23.3 Å². The van der Waals surface area contributed by atoms with Crippen molar-refractivity contribution in [3.05, 3.63) is 82.9 Å². The number of carbonyl (C=O) groups excluding carboxylic acids is 2. The first-order chi connectivity index (χ1) is 18.8. The highest BCUT2D eigenvalue weighted by molar-refractivity contribution is 5.95. The molecule has 0 aromatic heterocycles. The SMILES string of the molecule is CCOC(=O)C(C)(CC)Oc1ccc(Oc2cccc(CNC(=O)c3ccc(OC(F)(F)F)cc3C)c2)cc1C. The van der Waals surface area contributed by atoms with Gasteiger partial charge in [0.15, 0.2) is 0 Å². The smallest absolute Gasteiger partial charge is 0.476 e. The van der Waals surface area contributed by atoms with Gasteiger partial charge < -0.3 is 24.3 Å². The maximum atomic E-state index is 12.6. The van der Waals surface area contributed by atoms with Gasteiger partial charge in [-0.25, -0.2) is 4.79 Å². The van der Waals surface area contributed by atoms with Gasteiger partial charge in [0, 0.05) is 12.1 Å². The molecule has 0 radical (unpaired) electrons. The fraction of sp³-hybridized carbons (Fsp3) is 0.333. The molecule has 0 aliphatic carbocycles. The summed E-state index contributed by atoms with van der Waals surface area (Å²) in [5.41, 5.74) is 0.999. The first kappa shape index (κ1) is 30.3. The van der Waals surface area contributed by atoms with Crippen LogP contribution in [0.15, 0.2) is 60.7 Å². The molecule has 3 aromatic rings. The van der Waals surface area contributed by atoms with Crippen molar-refractivity contribution in [2.24, 2.45) is 0 Å². The third kappa shape index (κ3) is 8.14. The van der Waals surface area contributed by atoms with Crippen LogP contribution in [0.5, 0.6) is 23.0 Å². The van der Waals surface area contributed by atoms with E-state index in [9.17, 15) is 22.8 Å². The van der Waals surface area contributed by atoms with Gasteiger partial charge in [-0.2, -0.15) is 0 Å². The van der Waals surface area contributed by atoms with E-state index in [1.54, 1.807) is 50.2 Å². The number of hydrogen-bond acceptors (Lipinski definition) is 6. The molecule has 214 valence electrons. The van der Waals surface area contributed by atoms with Crippen LogP contribution >= 0.6 is 0 Å². The summed E-state index contributed by atoms with van der Waals surface area (Å²) in [7, 11) is 0. The summed E-state index contributed by atoms with van der Waals surface area (Å²) < 4.78 is 58.4. The number of esters is 1. The molecule has 1 atom stereocenters. The molecule has 1 amide bonds. The second-order valence-electron chi connectivity index (χ2n) is 9.29. The molecule has 0 aliphatic heterocycles. The number of ether oxygens (including phenoxy) is 4. The molecule has 7 nitrogen and oxygen atoms in total. The van der Waals surface area contributed by atoms with E-state index in [0.29, 0.717) is 29.2 Å². The Morgan fingerprint density at radius 2 is 1.52 bits per heavy atom. The van der Waals surface area contributed by atoms with Crippen molar-refractivity contribution in [2.45, 2.75) is 59.5 Å². The van der Waals surface area contributed by atoms with Crippen LogP contribution in [0.25, 0.3) is 0 Å². The predicted octanol–water partition coefficient (Wildman–Crippen LogP) is 7.03. The van der Waals surface area contributed by atoms with E-state index >= 15 is 0 Å². The average molecular weight is 560 g/mol. The molecule has 1 unspecified atom stereocenters. The van der Waals surface area contributed by atoms with Crippen molar-refractivity contribution in [3.8, 4) is 23.0 Å². The van der Waals surface area contributed by atoms with Gasteiger partial charge in [-0.05, 0) is 99.3 Å². The molecule has 1 N–H and O–H groups in total. The third-order valence-electron chi connectivity index (χ3n) is 6.13. The van der Waals surface area contributed by atoms with E-state index in [1.165, 1.54) is 13.0 Å². The normalized spacial score (nSPS) is 12.7. The molecule has 3 rings (SSSR count). The number of alkyl halides is 3. The van der Waals surface area contributed by atoms with Crippen LogP contribution in [0.1, 0.15) is 54.2 Å². The molecule has 0 saturated heterocycles. The summed E-state index contributed by atoms with van der Waals surface area (Å²) in [4.78, 5) is 25.0. The van der Waals surface area contributed by atoms with Gasteiger partial charge in [0.05, 0.1) is 6.61 Å². The number of hydrogen-bond donors (Lipinski definition) is 1. The molecule has 0 bridgehead atoms. The van der Waals surface area contributed by atoms with E-state index in [1.807, 2.05) is 19.9 Å². The molecule has 0 heterocycles. The standard InChI is InChI=1S/C30H32F3NO6/c1-6-29(5,28(36)37-7-2)40-26-14-12-23(16-20(26)4)38-22-10-8-9-21(17-22)18-34-27(35)25-13-11-24(15-19(25)3)39-30(31,32)33/h8-17H,6-7,18H2,1-5H3,(H,34,35). The molecule has 0 spiro atoms. The summed E-state index contributed by atoms with van der Waals surface area (Å²) >= 11 is 0. The Labute approximate surface area is 231 Å². The number of benzene rings is 3. The van der Waals surface area contributed by atoms with Crippen LogP contribution in [0.3, 0.4) is 0 Å². The van der Waals surface area contributed by atoms with Crippen molar-refractivity contribution in [1.29, 1.82) is 0 Å². The minimum absolute atomic E-state index is 0.172. The molecule has 40 heavy (non-hydrogen) atoms. The highest BCUT2D eigenvalue weighted by Crippen LogP contribution is 2.31. The van der Waals surface area contributed by atoms with Crippen LogP contribution in [-0.2, 0) is 16.1 Å². The Morgan fingerprint density at radius 1 is 0.850 bits per heavy atom. The fourth-order valence-corrected chi connectivity index (χ4v) is 3.81. The maximum absolute atomic E-state index is 12.6. The molecule has 0 saturated carbocycles. The van der Waals surface area contributed by atoms with E-state index in [4.69, 9.17) is 14.2 Å². The number of rotatable bonds is 11. The second-order valence-corrected chi connectivity index (χ2v) is 9.29. The van der Waals surface area contributed by atoms with Gasteiger partial charge in [-0.15, -0.1) is 13.2 Å². The number of carbonyl (C=O) groups is 2. The van der Waals surface area contributed by atoms with Crippen LogP contribution in [-0.4, -0.2) is 30.4 Å². The lowest BCUT2D eigenvalue weighted by atomic mass is 10.0. The van der Waals surface area contributed by atoms with E-state index in [2.05, 4.69) is 10.1 Å². The highest BCUT2D eigenvalue weighted by atomic mass is 19.4. The van der Waals surface area contributed by atoms with Gasteiger partial charge in [-0.1, -0.05) is 19.1 Å². The number of halogens is 3. The molecular formula is C30H32F3NO6. The first-order valence-electron chi connectivity index (χ1n) is 12.7. The van der Waals surface area contributed by atoms with Crippen LogP contribution < -0.4 is 19.5 Å². The van der Waals surface area contributed by atoms with Crippen molar-refractivity contribution in [3.63, 3.8) is 0 Å². The largest absolute Gasteiger partial charge is 0.573 e. The fourth-order valence-electron chi connectivity index (χ4n) is 3.81. The second kappa shape index (κ2) is 12.8. The minimum atomic E-state index is -4.81. The summed E-state index contributed by atoms with van der Waals surface area (Å²) in [6.07, 6.45) is -4.37. The lowest BCUT2D eigenvalue weighted by molar-refractivity contribution is -0.274. The summed E-state index contributed by atoms with van der Waals surface area (Å²) in [5, 5.41) is 2.76. The molecule has 0 fully saturated rings. The van der Waals surface area contributed by atoms with Gasteiger partial charge in [0.25, 0.3) is 5.91 Å². The summed E-state index contributed by atoms with van der Waals surface area (Å²) in [6.45, 7) is 9.10. The van der Waals surface area contributed by atoms with Crippen molar-refractivity contribution < 1.29 is 41.7 Å². The van der Waals surface area contributed by atoms with Crippen LogP contribution in [0.2, 0.25) is 0 Å². The van der Waals surface area contributed by atoms with Crippen LogP contribution in [0, 0.1) is 13.8 Å². The van der Waals surface area contributed by atoms with Crippen LogP contribution in [0.4, 0.5) is 13.2 Å². The van der Waals surface area contributed by atoms with Crippen molar-refractivity contribution in [1.82, 2.24) is 5.32 Å². The quantitative estimate of drug-likeness (QED) is 0.254.